The fourth-order valence-electron chi connectivity index (χ4n) is 0.951. The fraction of sp³-hybridized carbons (Fsp3) is 0.429. The average molecular weight is 204 g/mol. The molecule has 0 aliphatic rings. The van der Waals surface area contributed by atoms with E-state index in [0.717, 1.165) is 0 Å². The zero-order chi connectivity index (χ0) is 10.1. The maximum Gasteiger partial charge on any atom is 0.310 e. The van der Waals surface area contributed by atoms with Crippen molar-refractivity contribution in [3.63, 3.8) is 0 Å². The van der Waals surface area contributed by atoms with Crippen molar-refractivity contribution in [1.29, 1.82) is 0 Å². The van der Waals surface area contributed by atoms with Crippen molar-refractivity contribution in [2.75, 3.05) is 0 Å². The van der Waals surface area contributed by atoms with Crippen LogP contribution in [0.5, 0.6) is 0 Å². The van der Waals surface area contributed by atoms with Gasteiger partial charge in [0.05, 0.1) is 11.4 Å². The van der Waals surface area contributed by atoms with Crippen LogP contribution in [0.15, 0.2) is 12.4 Å². The topological polar surface area (TPSA) is 59.9 Å². The van der Waals surface area contributed by atoms with Gasteiger partial charge in [-0.3, -0.25) is 9.97 Å². The number of halogens is 1. The van der Waals surface area contributed by atoms with Gasteiger partial charge in [-0.25, -0.2) is 0 Å². The van der Waals surface area contributed by atoms with E-state index >= 15 is 0 Å². The molecular formula is C7H9FN2O2S. The van der Waals surface area contributed by atoms with Crippen LogP contribution in [-0.2, 0) is 10.2 Å². The number of nitrogens with zero attached hydrogens (tertiary/aromatic N) is 2. The molecule has 0 fully saturated rings. The monoisotopic (exact) mass is 204 g/mol. The zero-order valence-corrected chi connectivity index (χ0v) is 8.05. The van der Waals surface area contributed by atoms with Gasteiger partial charge in [0, 0.05) is 12.4 Å². The highest BCUT2D eigenvalue weighted by Gasteiger charge is 2.24. The molecule has 0 saturated carbocycles. The normalized spacial score (nSPS) is 14.1. The number of aromatic nitrogens is 2. The van der Waals surface area contributed by atoms with Gasteiger partial charge in [0.2, 0.25) is 0 Å². The summed E-state index contributed by atoms with van der Waals surface area (Å²) in [6.45, 7) is 2.83. The third-order valence-corrected chi connectivity index (χ3v) is 2.79. The molecule has 0 saturated heterocycles. The van der Waals surface area contributed by atoms with Gasteiger partial charge < -0.3 is 0 Å². The number of hydrogen-bond donors (Lipinski definition) is 0. The Morgan fingerprint density at radius 2 is 1.92 bits per heavy atom. The van der Waals surface area contributed by atoms with Crippen LogP contribution in [0, 0.1) is 6.92 Å². The van der Waals surface area contributed by atoms with E-state index in [1.165, 1.54) is 19.3 Å². The standard InChI is InChI=1S/C7H9FN2O2S/c1-5-7(10-4-3-9-5)6(2)13(8,11)12/h3-4,6H,1-2H3. The van der Waals surface area contributed by atoms with Gasteiger partial charge in [0.1, 0.15) is 5.25 Å². The lowest BCUT2D eigenvalue weighted by Crippen LogP contribution is -2.08. The van der Waals surface area contributed by atoms with Gasteiger partial charge in [-0.15, -0.1) is 3.89 Å². The molecule has 0 bridgehead atoms. The summed E-state index contributed by atoms with van der Waals surface area (Å²) in [5.41, 5.74) is 0.584. The van der Waals surface area contributed by atoms with Crippen molar-refractivity contribution in [3.8, 4) is 0 Å². The average Bonchev–Trinajstić information content (AvgIpc) is 2.02. The highest BCUT2D eigenvalue weighted by atomic mass is 32.3. The molecule has 0 aliphatic heterocycles. The second-order valence-electron chi connectivity index (χ2n) is 2.64. The van der Waals surface area contributed by atoms with Crippen molar-refractivity contribution >= 4 is 10.2 Å². The first-order chi connectivity index (χ1) is 5.93. The quantitative estimate of drug-likeness (QED) is 0.678. The molecule has 72 valence electrons. The van der Waals surface area contributed by atoms with E-state index in [1.807, 2.05) is 0 Å². The lowest BCUT2D eigenvalue weighted by atomic mass is 10.2. The third-order valence-electron chi connectivity index (χ3n) is 1.73. The van der Waals surface area contributed by atoms with Crippen LogP contribution in [0.2, 0.25) is 0 Å². The number of hydrogen-bond acceptors (Lipinski definition) is 4. The summed E-state index contributed by atoms with van der Waals surface area (Å²) in [6, 6.07) is 0. The van der Waals surface area contributed by atoms with Crippen LogP contribution in [0.4, 0.5) is 3.89 Å². The number of rotatable bonds is 2. The molecule has 13 heavy (non-hydrogen) atoms. The minimum absolute atomic E-state index is 0.157. The van der Waals surface area contributed by atoms with E-state index in [0.29, 0.717) is 5.69 Å². The second kappa shape index (κ2) is 3.37. The summed E-state index contributed by atoms with van der Waals surface area (Å²) >= 11 is 0. The van der Waals surface area contributed by atoms with Gasteiger partial charge in [0.15, 0.2) is 0 Å². The smallest absolute Gasteiger partial charge is 0.258 e. The Bertz CT molecular complexity index is 405. The van der Waals surface area contributed by atoms with E-state index in [4.69, 9.17) is 0 Å². The van der Waals surface area contributed by atoms with Gasteiger partial charge in [-0.05, 0) is 13.8 Å². The molecule has 1 atom stereocenters. The van der Waals surface area contributed by atoms with E-state index < -0.39 is 15.5 Å². The molecule has 1 aromatic heterocycles. The van der Waals surface area contributed by atoms with Crippen LogP contribution in [-0.4, -0.2) is 18.4 Å². The van der Waals surface area contributed by atoms with Gasteiger partial charge >= 0.3 is 10.2 Å². The minimum atomic E-state index is -4.58. The summed E-state index contributed by atoms with van der Waals surface area (Å²) in [7, 11) is -4.58. The molecule has 1 rings (SSSR count). The minimum Gasteiger partial charge on any atom is -0.258 e. The third kappa shape index (κ3) is 2.21. The van der Waals surface area contributed by atoms with Crippen molar-refractivity contribution < 1.29 is 12.3 Å². The Labute approximate surface area is 76.1 Å². The maximum atomic E-state index is 12.6. The van der Waals surface area contributed by atoms with E-state index in [-0.39, 0.29) is 5.69 Å². The Balaban J connectivity index is 3.17. The van der Waals surface area contributed by atoms with Crippen LogP contribution in [0.1, 0.15) is 23.6 Å². The molecule has 0 aliphatic carbocycles. The lowest BCUT2D eigenvalue weighted by molar-refractivity contribution is 0.538. The van der Waals surface area contributed by atoms with Crippen molar-refractivity contribution in [1.82, 2.24) is 9.97 Å². The first-order valence-electron chi connectivity index (χ1n) is 3.64. The summed E-state index contributed by atoms with van der Waals surface area (Å²) in [4.78, 5) is 7.58. The lowest BCUT2D eigenvalue weighted by Gasteiger charge is -2.07. The highest BCUT2D eigenvalue weighted by molar-refractivity contribution is 7.86. The molecule has 0 radical (unpaired) electrons. The molecule has 0 amide bonds. The summed E-state index contributed by atoms with van der Waals surface area (Å²) in [5.74, 6) is 0. The van der Waals surface area contributed by atoms with Gasteiger partial charge in [-0.1, -0.05) is 0 Å². The number of aryl methyl sites for hydroxylation is 1. The Hall–Kier alpha value is -1.04. The van der Waals surface area contributed by atoms with Crippen molar-refractivity contribution in [2.24, 2.45) is 0 Å². The van der Waals surface area contributed by atoms with Gasteiger partial charge in [-0.2, -0.15) is 8.42 Å². The second-order valence-corrected chi connectivity index (χ2v) is 4.30. The van der Waals surface area contributed by atoms with Crippen LogP contribution >= 0.6 is 0 Å². The van der Waals surface area contributed by atoms with E-state index in [2.05, 4.69) is 9.97 Å². The Morgan fingerprint density at radius 1 is 1.38 bits per heavy atom. The maximum absolute atomic E-state index is 12.6. The van der Waals surface area contributed by atoms with Gasteiger partial charge in [0.25, 0.3) is 0 Å². The van der Waals surface area contributed by atoms with Crippen molar-refractivity contribution in [3.05, 3.63) is 23.8 Å². The molecule has 6 heteroatoms. The van der Waals surface area contributed by atoms with Crippen LogP contribution < -0.4 is 0 Å². The summed E-state index contributed by atoms with van der Waals surface area (Å²) < 4.78 is 33.7. The molecule has 0 spiro atoms. The van der Waals surface area contributed by atoms with Crippen LogP contribution in [0.3, 0.4) is 0 Å². The zero-order valence-electron chi connectivity index (χ0n) is 7.23. The predicted octanol–water partition coefficient (Wildman–Crippen LogP) is 1.15. The molecule has 0 N–H and O–H groups in total. The SMILES string of the molecule is Cc1nccnc1C(C)S(=O)(=O)F. The fourth-order valence-corrected chi connectivity index (χ4v) is 1.45. The van der Waals surface area contributed by atoms with E-state index in [9.17, 15) is 12.3 Å². The molecule has 1 heterocycles. The molecule has 1 unspecified atom stereocenters. The first-order valence-corrected chi connectivity index (χ1v) is 5.08. The molecule has 0 aromatic carbocycles. The molecule has 1 aromatic rings. The Morgan fingerprint density at radius 3 is 2.38 bits per heavy atom. The first kappa shape index (κ1) is 10.0. The highest BCUT2D eigenvalue weighted by Crippen LogP contribution is 2.22. The van der Waals surface area contributed by atoms with Crippen LogP contribution in [0.25, 0.3) is 0 Å². The largest absolute Gasteiger partial charge is 0.310 e. The van der Waals surface area contributed by atoms with Crippen molar-refractivity contribution in [2.45, 2.75) is 19.1 Å². The van der Waals surface area contributed by atoms with E-state index in [1.54, 1.807) is 6.92 Å². The molecular weight excluding hydrogens is 195 g/mol. The molecule has 4 nitrogen and oxygen atoms in total. The predicted molar refractivity (Wildman–Crippen MR) is 45.2 cm³/mol. The Kier molecular flexibility index (Phi) is 2.60. The summed E-state index contributed by atoms with van der Waals surface area (Å²) in [5, 5.41) is -1.25. The summed E-state index contributed by atoms with van der Waals surface area (Å²) in [6.07, 6.45) is 2.76.